The molecule has 7 heteroatoms. The third-order valence-electron chi connectivity index (χ3n) is 2.54. The second-order valence-electron chi connectivity index (χ2n) is 4.63. The van der Waals surface area contributed by atoms with Gasteiger partial charge < -0.3 is 20.7 Å². The van der Waals surface area contributed by atoms with E-state index in [9.17, 15) is 4.79 Å². The summed E-state index contributed by atoms with van der Waals surface area (Å²) < 4.78 is 5.71. The van der Waals surface area contributed by atoms with Crippen LogP contribution in [-0.2, 0) is 9.53 Å². The largest absolute Gasteiger partial charge is 0.465 e. The first kappa shape index (κ1) is 17.3. The van der Waals surface area contributed by atoms with Crippen molar-refractivity contribution in [3.05, 3.63) is 34.9 Å². The number of ether oxygens (including phenoxy) is 1. The Morgan fingerprint density at radius 3 is 2.86 bits per heavy atom. The third kappa shape index (κ3) is 4.63. The van der Waals surface area contributed by atoms with Gasteiger partial charge in [0.15, 0.2) is 0 Å². The molecular weight excluding hydrogens is 336 g/mol. The fraction of sp³-hybridized carbons (Fsp3) is 0.429. The zero-order valence-electron chi connectivity index (χ0n) is 12.5. The molecule has 3 N–H and O–H groups in total. The summed E-state index contributed by atoms with van der Waals surface area (Å²) in [7, 11) is 0. The first-order valence-corrected chi connectivity index (χ1v) is 7.45. The number of rotatable bonds is 6. The maximum Gasteiger partial charge on any atom is 0.325 e. The van der Waals surface area contributed by atoms with Crippen LogP contribution in [0.1, 0.15) is 20.8 Å². The predicted octanol–water partition coefficient (Wildman–Crippen LogP) is 1.81. The second kappa shape index (κ2) is 7.87. The lowest BCUT2D eigenvalue weighted by molar-refractivity contribution is -0.143. The summed E-state index contributed by atoms with van der Waals surface area (Å²) in [6, 6.07) is 0.182. The minimum Gasteiger partial charge on any atom is -0.465 e. The van der Waals surface area contributed by atoms with E-state index < -0.39 is 0 Å². The molecule has 0 fully saturated rings. The molecule has 1 rings (SSSR count). The molecule has 6 nitrogen and oxygen atoms in total. The maximum atomic E-state index is 11.7. The first-order chi connectivity index (χ1) is 9.90. The van der Waals surface area contributed by atoms with Crippen LogP contribution >= 0.6 is 15.9 Å². The van der Waals surface area contributed by atoms with Crippen molar-refractivity contribution in [1.29, 1.82) is 0 Å². The van der Waals surface area contributed by atoms with Crippen molar-refractivity contribution in [3.63, 3.8) is 0 Å². The van der Waals surface area contributed by atoms with E-state index in [1.54, 1.807) is 18.0 Å². The molecule has 0 saturated heterocycles. The Kier molecular flexibility index (Phi) is 6.48. The molecule has 0 spiro atoms. The summed E-state index contributed by atoms with van der Waals surface area (Å²) in [5.41, 5.74) is 6.78. The van der Waals surface area contributed by atoms with Crippen LogP contribution in [0.25, 0.3) is 0 Å². The van der Waals surface area contributed by atoms with Crippen molar-refractivity contribution in [1.82, 2.24) is 10.2 Å². The molecule has 0 amide bonds. The molecule has 1 aliphatic rings. The summed E-state index contributed by atoms with van der Waals surface area (Å²) in [4.78, 5) is 17.5. The van der Waals surface area contributed by atoms with Crippen LogP contribution in [0.5, 0.6) is 0 Å². The summed E-state index contributed by atoms with van der Waals surface area (Å²) in [5.74, 6) is 0.707. The van der Waals surface area contributed by atoms with Crippen LogP contribution in [0, 0.1) is 0 Å². The monoisotopic (exact) mass is 356 g/mol. The Bertz CT molecular complexity index is 509. The highest BCUT2D eigenvalue weighted by atomic mass is 79.9. The normalized spacial score (nSPS) is 18.8. The van der Waals surface area contributed by atoms with E-state index in [4.69, 9.17) is 10.5 Å². The number of amidine groups is 1. The molecule has 0 aromatic heterocycles. The molecular formula is C14H21BrN4O2. The van der Waals surface area contributed by atoms with Gasteiger partial charge in [-0.15, -0.1) is 0 Å². The van der Waals surface area contributed by atoms with Crippen molar-refractivity contribution < 1.29 is 9.53 Å². The number of nitrogens with one attached hydrogen (secondary N) is 1. The van der Waals surface area contributed by atoms with E-state index in [0.717, 1.165) is 4.48 Å². The van der Waals surface area contributed by atoms with Crippen LogP contribution < -0.4 is 11.1 Å². The highest BCUT2D eigenvalue weighted by Gasteiger charge is 2.28. The quantitative estimate of drug-likeness (QED) is 0.709. The Morgan fingerprint density at radius 1 is 1.67 bits per heavy atom. The van der Waals surface area contributed by atoms with Crippen LogP contribution in [0.4, 0.5) is 0 Å². The summed E-state index contributed by atoms with van der Waals surface area (Å²) in [6.45, 7) is 9.74. The van der Waals surface area contributed by atoms with Crippen LogP contribution in [0.2, 0.25) is 0 Å². The average molecular weight is 357 g/mol. The maximum absolute atomic E-state index is 11.7. The fourth-order valence-corrected chi connectivity index (χ4v) is 2.47. The van der Waals surface area contributed by atoms with Crippen molar-refractivity contribution in [2.45, 2.75) is 26.8 Å². The van der Waals surface area contributed by atoms with Gasteiger partial charge in [-0.3, -0.25) is 4.79 Å². The molecule has 0 aliphatic carbocycles. The number of nitrogens with zero attached hydrogens (tertiary/aromatic N) is 2. The molecule has 0 unspecified atom stereocenters. The number of carbonyl (C=O) groups excluding carboxylic acids is 1. The van der Waals surface area contributed by atoms with E-state index in [1.165, 1.54) is 6.20 Å². The van der Waals surface area contributed by atoms with Gasteiger partial charge >= 0.3 is 5.97 Å². The fourth-order valence-electron chi connectivity index (χ4n) is 1.84. The van der Waals surface area contributed by atoms with E-state index in [2.05, 4.69) is 32.8 Å². The smallest absolute Gasteiger partial charge is 0.325 e. The molecule has 0 saturated carbocycles. The lowest BCUT2D eigenvalue weighted by atomic mass is 10.2. The number of aliphatic imine (C=N–C) groups is 1. The van der Waals surface area contributed by atoms with Crippen LogP contribution in [-0.4, -0.2) is 35.9 Å². The molecule has 116 valence electrons. The minimum atomic E-state index is -0.331. The van der Waals surface area contributed by atoms with Gasteiger partial charge in [-0.05, 0) is 36.7 Å². The Morgan fingerprint density at radius 2 is 2.33 bits per heavy atom. The second-order valence-corrected chi connectivity index (χ2v) is 5.49. The predicted molar refractivity (Wildman–Crippen MR) is 87.5 cm³/mol. The van der Waals surface area contributed by atoms with Gasteiger partial charge in [0.25, 0.3) is 0 Å². The highest BCUT2D eigenvalue weighted by Crippen LogP contribution is 2.29. The molecule has 0 radical (unpaired) electrons. The number of carbonyl (C=O) groups is 1. The minimum absolute atomic E-state index is 0.0636. The first-order valence-electron chi connectivity index (χ1n) is 6.66. The van der Waals surface area contributed by atoms with Gasteiger partial charge in [-0.25, -0.2) is 4.99 Å². The van der Waals surface area contributed by atoms with E-state index in [0.29, 0.717) is 23.8 Å². The van der Waals surface area contributed by atoms with Crippen LogP contribution in [0.15, 0.2) is 39.8 Å². The lowest BCUT2D eigenvalue weighted by Crippen LogP contribution is -2.34. The van der Waals surface area contributed by atoms with E-state index in [1.807, 2.05) is 13.8 Å². The molecule has 1 aliphatic heterocycles. The van der Waals surface area contributed by atoms with Crippen LogP contribution in [0.3, 0.4) is 0 Å². The zero-order valence-corrected chi connectivity index (χ0v) is 14.1. The van der Waals surface area contributed by atoms with Gasteiger partial charge in [0.05, 0.1) is 12.2 Å². The third-order valence-corrected chi connectivity index (χ3v) is 3.14. The zero-order chi connectivity index (χ0) is 16.0. The summed E-state index contributed by atoms with van der Waals surface area (Å²) in [5, 5.41) is 3.13. The number of esters is 1. The van der Waals surface area contributed by atoms with Crippen molar-refractivity contribution in [2.24, 2.45) is 10.7 Å². The summed E-state index contributed by atoms with van der Waals surface area (Å²) >= 11 is 3.45. The average Bonchev–Trinajstić information content (AvgIpc) is 2.65. The highest BCUT2D eigenvalue weighted by molar-refractivity contribution is 9.12. The van der Waals surface area contributed by atoms with Gasteiger partial charge in [0.1, 0.15) is 18.2 Å². The van der Waals surface area contributed by atoms with Crippen molar-refractivity contribution >= 4 is 27.7 Å². The SMILES string of the molecule is C=C/N=C1\C(=C(/N)NC(C)C)C(Br)=CN1CC(=O)OCC. The number of hydrogen-bond acceptors (Lipinski definition) is 5. The standard InChI is InChI=1S/C14H21BrN4O2/c1-5-17-14-12(13(16)18-9(3)4)10(15)7-19(14)8-11(20)21-6-2/h5,7,9,18H,1,6,8,16H2,2-4H3/b13-12+,17-14+. The molecule has 0 aromatic carbocycles. The Balaban J connectivity index is 3.08. The van der Waals surface area contributed by atoms with Crippen molar-refractivity contribution in [3.8, 4) is 0 Å². The Hall–Kier alpha value is -1.76. The summed E-state index contributed by atoms with van der Waals surface area (Å²) in [6.07, 6.45) is 3.17. The Labute approximate surface area is 133 Å². The number of halogens is 1. The van der Waals surface area contributed by atoms with Gasteiger partial charge in [0, 0.05) is 22.9 Å². The molecule has 0 aromatic rings. The van der Waals surface area contributed by atoms with E-state index >= 15 is 0 Å². The molecule has 21 heavy (non-hydrogen) atoms. The van der Waals surface area contributed by atoms with Gasteiger partial charge in [0.2, 0.25) is 0 Å². The van der Waals surface area contributed by atoms with E-state index in [-0.39, 0.29) is 18.6 Å². The molecule has 0 bridgehead atoms. The van der Waals surface area contributed by atoms with Crippen molar-refractivity contribution in [2.75, 3.05) is 13.2 Å². The number of hydrogen-bond donors (Lipinski definition) is 2. The van der Waals surface area contributed by atoms with Gasteiger partial charge in [-0.1, -0.05) is 6.58 Å². The lowest BCUT2D eigenvalue weighted by Gasteiger charge is -2.18. The molecule has 1 heterocycles. The topological polar surface area (TPSA) is 80.0 Å². The molecule has 0 atom stereocenters. The number of nitrogens with two attached hydrogens (primary N) is 1. The van der Waals surface area contributed by atoms with Gasteiger partial charge in [-0.2, -0.15) is 0 Å².